The standard InChI is InChI=1S/C77H72N6/c1-74(2,3)55-23-41-70-66(45-55)67-46-56(75(4,5)6)24-42-71(67)82(70)64-35-19-53(20-36-64)51-15-31-61(32-16-51)81(63-39-29-60(30-40-63)80-79-59-27-13-50(49-78)14-28-59)62-33-17-52(18-34-62)54-21-37-65(38-22-54)83-72-43-25-57(76(7,8)9)47-68(72)69-48-58(77(10,11)12)26-44-73(69)83/h13-48H,1-12H3. The summed E-state index contributed by atoms with van der Waals surface area (Å²) in [6.45, 7) is 27.5. The topological polar surface area (TPSA) is 61.6 Å². The number of hydrogen-bond acceptors (Lipinski definition) is 4. The molecule has 0 N–H and O–H groups in total. The number of fused-ring (bicyclic) bond motifs is 6. The molecule has 12 aromatic rings. The van der Waals surface area contributed by atoms with Gasteiger partial charge in [-0.1, -0.05) is 156 Å². The van der Waals surface area contributed by atoms with Crippen LogP contribution in [0.5, 0.6) is 0 Å². The highest BCUT2D eigenvalue weighted by atomic mass is 15.1. The number of nitriles is 1. The van der Waals surface area contributed by atoms with Crippen LogP contribution in [0.3, 0.4) is 0 Å². The summed E-state index contributed by atoms with van der Waals surface area (Å²) in [7, 11) is 0. The summed E-state index contributed by atoms with van der Waals surface area (Å²) in [5, 5.41) is 23.4. The van der Waals surface area contributed by atoms with Crippen molar-refractivity contribution in [1.29, 1.82) is 5.26 Å². The Labute approximate surface area is 489 Å². The largest absolute Gasteiger partial charge is 0.311 e. The van der Waals surface area contributed by atoms with Gasteiger partial charge >= 0.3 is 0 Å². The van der Waals surface area contributed by atoms with Gasteiger partial charge in [-0.2, -0.15) is 15.5 Å². The summed E-state index contributed by atoms with van der Waals surface area (Å²) in [4.78, 5) is 2.29. The lowest BCUT2D eigenvalue weighted by Crippen LogP contribution is -2.10. The average molecular weight is 1080 g/mol. The van der Waals surface area contributed by atoms with E-state index in [2.05, 4.69) is 295 Å². The van der Waals surface area contributed by atoms with Crippen LogP contribution in [0.2, 0.25) is 0 Å². The lowest BCUT2D eigenvalue weighted by atomic mass is 9.85. The summed E-state index contributed by atoms with van der Waals surface area (Å²) >= 11 is 0. The first-order valence-corrected chi connectivity index (χ1v) is 29.0. The second kappa shape index (κ2) is 20.6. The van der Waals surface area contributed by atoms with Gasteiger partial charge in [0.25, 0.3) is 0 Å². The molecule has 2 heterocycles. The summed E-state index contributed by atoms with van der Waals surface area (Å²) < 4.78 is 4.84. The number of benzene rings is 10. The van der Waals surface area contributed by atoms with Gasteiger partial charge in [-0.25, -0.2) is 0 Å². The lowest BCUT2D eigenvalue weighted by molar-refractivity contribution is 0.590. The SMILES string of the molecule is CC(C)(C)c1ccc2c(c1)c1cc(C(C)(C)C)ccc1n2-c1ccc(-c2ccc(N(c3ccc(N=Nc4ccc(C#N)cc4)cc3)c3ccc(-c4ccc(-n5c6ccc(C(C)(C)C)cc6c6cc(C(C)(C)C)ccc65)cc4)cc3)cc2)cc1. The van der Waals surface area contributed by atoms with E-state index >= 15 is 0 Å². The highest BCUT2D eigenvalue weighted by molar-refractivity contribution is 6.11. The molecule has 0 radical (unpaired) electrons. The van der Waals surface area contributed by atoms with Crippen molar-refractivity contribution < 1.29 is 0 Å². The first kappa shape index (κ1) is 54.3. The van der Waals surface area contributed by atoms with Crippen LogP contribution in [0, 0.1) is 11.3 Å². The van der Waals surface area contributed by atoms with Crippen LogP contribution in [0.25, 0.3) is 77.2 Å². The van der Waals surface area contributed by atoms with Crippen molar-refractivity contribution in [3.05, 3.63) is 246 Å². The number of azo groups is 1. The van der Waals surface area contributed by atoms with Gasteiger partial charge in [0.2, 0.25) is 0 Å². The van der Waals surface area contributed by atoms with E-state index in [1.165, 1.54) is 65.9 Å². The molecule has 0 aliphatic rings. The molecule has 12 rings (SSSR count). The molecular formula is C77H72N6. The van der Waals surface area contributed by atoms with E-state index in [9.17, 15) is 5.26 Å². The molecule has 0 aliphatic carbocycles. The van der Waals surface area contributed by atoms with Gasteiger partial charge in [0.05, 0.1) is 45.1 Å². The van der Waals surface area contributed by atoms with E-state index in [1.54, 1.807) is 24.3 Å². The Bertz CT molecular complexity index is 4080. The van der Waals surface area contributed by atoms with E-state index < -0.39 is 0 Å². The van der Waals surface area contributed by atoms with Gasteiger partial charge in [0, 0.05) is 50.0 Å². The first-order chi connectivity index (χ1) is 39.6. The Morgan fingerprint density at radius 3 is 0.831 bits per heavy atom. The summed E-state index contributed by atoms with van der Waals surface area (Å²) in [6.07, 6.45) is 0. The number of anilines is 3. The van der Waals surface area contributed by atoms with E-state index in [1.807, 2.05) is 12.1 Å². The van der Waals surface area contributed by atoms with Crippen LogP contribution in [-0.4, -0.2) is 9.13 Å². The Morgan fingerprint density at radius 1 is 0.313 bits per heavy atom. The fraction of sp³-hybridized carbons (Fsp3) is 0.208. The maximum Gasteiger partial charge on any atom is 0.0991 e. The predicted octanol–water partition coefficient (Wildman–Crippen LogP) is 22.2. The van der Waals surface area contributed by atoms with Crippen molar-refractivity contribution in [3.8, 4) is 39.7 Å². The van der Waals surface area contributed by atoms with Gasteiger partial charge < -0.3 is 14.0 Å². The van der Waals surface area contributed by atoms with E-state index in [-0.39, 0.29) is 21.7 Å². The fourth-order valence-electron chi connectivity index (χ4n) is 11.5. The third kappa shape index (κ3) is 10.5. The molecule has 0 bridgehead atoms. The zero-order valence-electron chi connectivity index (χ0n) is 50.0. The third-order valence-corrected chi connectivity index (χ3v) is 16.5. The Balaban J connectivity index is 0.864. The van der Waals surface area contributed by atoms with Gasteiger partial charge in [0.1, 0.15) is 0 Å². The summed E-state index contributed by atoms with van der Waals surface area (Å²) in [5.74, 6) is 0. The minimum atomic E-state index is 0.0376. The van der Waals surface area contributed by atoms with Crippen LogP contribution in [0.1, 0.15) is 111 Å². The quantitative estimate of drug-likeness (QED) is 0.135. The summed E-state index contributed by atoms with van der Waals surface area (Å²) in [5.41, 5.74) is 22.2. The zero-order valence-corrected chi connectivity index (χ0v) is 50.0. The minimum Gasteiger partial charge on any atom is -0.311 e. The van der Waals surface area contributed by atoms with Gasteiger partial charge in [-0.15, -0.1) is 0 Å². The Kier molecular flexibility index (Phi) is 13.5. The molecule has 0 fully saturated rings. The molecular weight excluding hydrogens is 1010 g/mol. The van der Waals surface area contributed by atoms with E-state index in [4.69, 9.17) is 0 Å². The molecule has 83 heavy (non-hydrogen) atoms. The van der Waals surface area contributed by atoms with Crippen molar-refractivity contribution in [2.75, 3.05) is 4.90 Å². The van der Waals surface area contributed by atoms with E-state index in [0.29, 0.717) is 11.3 Å². The second-order valence-corrected chi connectivity index (χ2v) is 26.5. The maximum absolute atomic E-state index is 9.27. The van der Waals surface area contributed by atoms with Crippen molar-refractivity contribution in [2.45, 2.75) is 105 Å². The molecule has 0 unspecified atom stereocenters. The predicted molar refractivity (Wildman–Crippen MR) is 351 cm³/mol. The highest BCUT2D eigenvalue weighted by Crippen LogP contribution is 2.42. The molecule has 0 saturated heterocycles. The third-order valence-electron chi connectivity index (χ3n) is 16.5. The zero-order chi connectivity index (χ0) is 58.2. The van der Waals surface area contributed by atoms with Gasteiger partial charge in [-0.3, -0.25) is 0 Å². The van der Waals surface area contributed by atoms with Crippen LogP contribution in [-0.2, 0) is 21.7 Å². The lowest BCUT2D eigenvalue weighted by Gasteiger charge is -2.26. The molecule has 6 heteroatoms. The van der Waals surface area contributed by atoms with Crippen LogP contribution >= 0.6 is 0 Å². The van der Waals surface area contributed by atoms with Gasteiger partial charge in [0.15, 0.2) is 0 Å². The number of nitrogens with zero attached hydrogens (tertiary/aromatic N) is 6. The Hall–Kier alpha value is -9.31. The Morgan fingerprint density at radius 2 is 0.566 bits per heavy atom. The molecule has 0 saturated carbocycles. The fourth-order valence-corrected chi connectivity index (χ4v) is 11.5. The number of aromatic nitrogens is 2. The smallest absolute Gasteiger partial charge is 0.0991 e. The van der Waals surface area contributed by atoms with Gasteiger partial charge in [-0.05, 0) is 212 Å². The van der Waals surface area contributed by atoms with Crippen LogP contribution < -0.4 is 4.90 Å². The van der Waals surface area contributed by atoms with Crippen molar-refractivity contribution in [2.24, 2.45) is 10.2 Å². The minimum absolute atomic E-state index is 0.0376. The van der Waals surface area contributed by atoms with Crippen molar-refractivity contribution in [1.82, 2.24) is 9.13 Å². The molecule has 0 spiro atoms. The monoisotopic (exact) mass is 1080 g/mol. The number of hydrogen-bond donors (Lipinski definition) is 0. The molecule has 0 aliphatic heterocycles. The molecule has 0 amide bonds. The van der Waals surface area contributed by atoms with Crippen molar-refractivity contribution in [3.63, 3.8) is 0 Å². The number of rotatable bonds is 9. The van der Waals surface area contributed by atoms with E-state index in [0.717, 1.165) is 56.4 Å². The second-order valence-electron chi connectivity index (χ2n) is 26.5. The normalized spacial score (nSPS) is 12.5. The molecule has 410 valence electrons. The molecule has 2 aromatic heterocycles. The van der Waals surface area contributed by atoms with Crippen LogP contribution in [0.15, 0.2) is 229 Å². The average Bonchev–Trinajstić information content (AvgIpc) is 2.11. The first-order valence-electron chi connectivity index (χ1n) is 29.0. The molecule has 10 aromatic carbocycles. The highest BCUT2D eigenvalue weighted by Gasteiger charge is 2.24. The van der Waals surface area contributed by atoms with Crippen molar-refractivity contribution >= 4 is 72.0 Å². The maximum atomic E-state index is 9.27. The summed E-state index contributed by atoms with van der Waals surface area (Å²) in [6, 6.07) is 81.3. The molecule has 0 atom stereocenters. The van der Waals surface area contributed by atoms with Crippen LogP contribution in [0.4, 0.5) is 28.4 Å². The molecule has 6 nitrogen and oxygen atoms in total.